The minimum atomic E-state index is 0.194. The first kappa shape index (κ1) is 17.3. The number of aryl methyl sites for hydroxylation is 2. The van der Waals surface area contributed by atoms with E-state index in [4.69, 9.17) is 9.97 Å². The van der Waals surface area contributed by atoms with E-state index in [1.165, 1.54) is 38.5 Å². The fraction of sp³-hybridized carbons (Fsp3) is 0.500. The average molecular weight is 386 g/mol. The van der Waals surface area contributed by atoms with Gasteiger partial charge in [-0.1, -0.05) is 12.1 Å². The Morgan fingerprint density at radius 1 is 0.931 bits per heavy atom. The van der Waals surface area contributed by atoms with Crippen molar-refractivity contribution in [3.05, 3.63) is 53.9 Å². The summed E-state index contributed by atoms with van der Waals surface area (Å²) in [6, 6.07) is 10.5. The van der Waals surface area contributed by atoms with Crippen LogP contribution in [0.2, 0.25) is 0 Å². The highest BCUT2D eigenvalue weighted by molar-refractivity contribution is 5.59. The van der Waals surface area contributed by atoms with E-state index in [-0.39, 0.29) is 5.41 Å². The van der Waals surface area contributed by atoms with Crippen LogP contribution in [0.25, 0.3) is 17.1 Å². The molecule has 0 radical (unpaired) electrons. The summed E-state index contributed by atoms with van der Waals surface area (Å²) in [5.74, 6) is 4.48. The van der Waals surface area contributed by atoms with E-state index in [0.29, 0.717) is 0 Å². The van der Waals surface area contributed by atoms with Gasteiger partial charge in [-0.25, -0.2) is 19.6 Å². The van der Waals surface area contributed by atoms with Crippen LogP contribution in [0.1, 0.15) is 55.7 Å². The van der Waals surface area contributed by atoms with Gasteiger partial charge in [0.25, 0.3) is 0 Å². The second-order valence-electron chi connectivity index (χ2n) is 9.72. The van der Waals surface area contributed by atoms with Crippen LogP contribution in [-0.4, -0.2) is 24.7 Å². The van der Waals surface area contributed by atoms with Crippen LogP contribution in [0.15, 0.2) is 36.7 Å². The van der Waals surface area contributed by atoms with Crippen molar-refractivity contribution in [2.45, 2.75) is 57.8 Å². The molecule has 5 nitrogen and oxygen atoms in total. The Morgan fingerprint density at radius 3 is 2.31 bits per heavy atom. The van der Waals surface area contributed by atoms with Crippen LogP contribution in [0.3, 0.4) is 0 Å². The number of benzene rings is 1. The van der Waals surface area contributed by atoms with E-state index in [1.54, 1.807) is 6.33 Å². The molecule has 4 bridgehead atoms. The summed E-state index contributed by atoms with van der Waals surface area (Å²) in [5.41, 5.74) is 4.43. The molecule has 2 aromatic heterocycles. The molecule has 4 saturated carbocycles. The molecule has 5 heteroatoms. The molecule has 0 N–H and O–H groups in total. The molecule has 0 saturated heterocycles. The molecule has 4 aliphatic rings. The van der Waals surface area contributed by atoms with Gasteiger partial charge < -0.3 is 0 Å². The van der Waals surface area contributed by atoms with E-state index in [9.17, 15) is 0 Å². The monoisotopic (exact) mass is 385 g/mol. The van der Waals surface area contributed by atoms with Gasteiger partial charge in [-0.15, -0.1) is 0 Å². The Bertz CT molecular complexity index is 1050. The second-order valence-corrected chi connectivity index (χ2v) is 9.72. The predicted molar refractivity (Wildman–Crippen MR) is 112 cm³/mol. The van der Waals surface area contributed by atoms with E-state index < -0.39 is 0 Å². The van der Waals surface area contributed by atoms with Crippen molar-refractivity contribution in [1.82, 2.24) is 24.7 Å². The molecular formula is C24H27N5. The summed E-state index contributed by atoms with van der Waals surface area (Å²) in [7, 11) is 0. The zero-order valence-corrected chi connectivity index (χ0v) is 17.2. The SMILES string of the molecule is Cc1cc(C)n(-c2cccc(-c3ncnc(C45CC6CC(CC(C6)C4)C5)n3)c2)n1. The lowest BCUT2D eigenvalue weighted by atomic mass is 9.49. The Balaban J connectivity index is 1.38. The lowest BCUT2D eigenvalue weighted by molar-refractivity contribution is -0.00944. The highest BCUT2D eigenvalue weighted by Crippen LogP contribution is 2.60. The van der Waals surface area contributed by atoms with E-state index in [2.05, 4.69) is 47.3 Å². The first-order chi connectivity index (χ1) is 14.1. The van der Waals surface area contributed by atoms with Gasteiger partial charge >= 0.3 is 0 Å². The number of aromatic nitrogens is 5. The second kappa shape index (κ2) is 6.22. The molecule has 0 spiro atoms. The predicted octanol–water partition coefficient (Wildman–Crippen LogP) is 4.81. The van der Waals surface area contributed by atoms with Gasteiger partial charge in [-0.05, 0) is 88.3 Å². The van der Waals surface area contributed by atoms with Crippen LogP contribution in [0.5, 0.6) is 0 Å². The maximum absolute atomic E-state index is 5.04. The van der Waals surface area contributed by atoms with Gasteiger partial charge in [0.15, 0.2) is 5.82 Å². The molecule has 4 fully saturated rings. The minimum absolute atomic E-state index is 0.194. The van der Waals surface area contributed by atoms with E-state index >= 15 is 0 Å². The minimum Gasteiger partial charge on any atom is -0.238 e. The van der Waals surface area contributed by atoms with Crippen LogP contribution < -0.4 is 0 Å². The van der Waals surface area contributed by atoms with Crippen LogP contribution in [0.4, 0.5) is 0 Å². The Morgan fingerprint density at radius 2 is 1.66 bits per heavy atom. The molecule has 7 rings (SSSR count). The fourth-order valence-electron chi connectivity index (χ4n) is 6.74. The highest BCUT2D eigenvalue weighted by Gasteiger charge is 2.53. The molecule has 0 amide bonds. The van der Waals surface area contributed by atoms with Crippen LogP contribution >= 0.6 is 0 Å². The lowest BCUT2D eigenvalue weighted by Crippen LogP contribution is -2.49. The Kier molecular flexibility index (Phi) is 3.71. The van der Waals surface area contributed by atoms with Gasteiger partial charge in [0.1, 0.15) is 12.2 Å². The third kappa shape index (κ3) is 2.82. The van der Waals surface area contributed by atoms with Gasteiger partial charge in [-0.2, -0.15) is 5.10 Å². The fourth-order valence-corrected chi connectivity index (χ4v) is 6.74. The maximum Gasteiger partial charge on any atom is 0.163 e. The topological polar surface area (TPSA) is 56.5 Å². The van der Waals surface area contributed by atoms with Crippen molar-refractivity contribution in [3.8, 4) is 17.1 Å². The molecular weight excluding hydrogens is 358 g/mol. The normalized spacial score (nSPS) is 30.1. The van der Waals surface area contributed by atoms with E-state index in [0.717, 1.165) is 52.0 Å². The molecule has 2 heterocycles. The van der Waals surface area contributed by atoms with Crippen molar-refractivity contribution < 1.29 is 0 Å². The summed E-state index contributed by atoms with van der Waals surface area (Å²) >= 11 is 0. The van der Waals surface area contributed by atoms with Crippen LogP contribution in [-0.2, 0) is 5.41 Å². The molecule has 4 aliphatic carbocycles. The largest absolute Gasteiger partial charge is 0.238 e. The van der Waals surface area contributed by atoms with Crippen molar-refractivity contribution in [1.29, 1.82) is 0 Å². The number of hydrogen-bond acceptors (Lipinski definition) is 4. The van der Waals surface area contributed by atoms with Crippen molar-refractivity contribution in [2.24, 2.45) is 17.8 Å². The smallest absolute Gasteiger partial charge is 0.163 e. The molecule has 148 valence electrons. The summed E-state index contributed by atoms with van der Waals surface area (Å²) < 4.78 is 1.99. The molecule has 1 aromatic carbocycles. The summed E-state index contributed by atoms with van der Waals surface area (Å²) in [6.07, 6.45) is 9.84. The lowest BCUT2D eigenvalue weighted by Gasteiger charge is -2.55. The zero-order chi connectivity index (χ0) is 19.6. The molecule has 0 atom stereocenters. The van der Waals surface area contributed by atoms with Gasteiger partial charge in [0.2, 0.25) is 0 Å². The number of rotatable bonds is 3. The molecule has 29 heavy (non-hydrogen) atoms. The Hall–Kier alpha value is -2.56. The number of hydrogen-bond donors (Lipinski definition) is 0. The van der Waals surface area contributed by atoms with Gasteiger partial charge in [-0.3, -0.25) is 0 Å². The first-order valence-electron chi connectivity index (χ1n) is 10.9. The third-order valence-electron chi connectivity index (χ3n) is 7.44. The zero-order valence-electron chi connectivity index (χ0n) is 17.2. The quantitative estimate of drug-likeness (QED) is 0.649. The van der Waals surface area contributed by atoms with Crippen molar-refractivity contribution >= 4 is 0 Å². The average Bonchev–Trinajstić information content (AvgIpc) is 3.05. The molecule has 0 unspecified atom stereocenters. The van der Waals surface area contributed by atoms with Gasteiger partial charge in [0, 0.05) is 16.7 Å². The van der Waals surface area contributed by atoms with Gasteiger partial charge in [0.05, 0.1) is 11.4 Å². The van der Waals surface area contributed by atoms with E-state index in [1.807, 2.05) is 11.6 Å². The summed E-state index contributed by atoms with van der Waals surface area (Å²) in [6.45, 7) is 4.11. The first-order valence-corrected chi connectivity index (χ1v) is 10.9. The van der Waals surface area contributed by atoms with Crippen LogP contribution in [0, 0.1) is 31.6 Å². The number of nitrogens with zero attached hydrogens (tertiary/aromatic N) is 5. The Labute approximate surface area is 171 Å². The highest BCUT2D eigenvalue weighted by atomic mass is 15.3. The van der Waals surface area contributed by atoms with Crippen molar-refractivity contribution in [2.75, 3.05) is 0 Å². The molecule has 0 aliphatic heterocycles. The van der Waals surface area contributed by atoms with Crippen molar-refractivity contribution in [3.63, 3.8) is 0 Å². The third-order valence-corrected chi connectivity index (χ3v) is 7.44. The maximum atomic E-state index is 5.04. The standard InChI is InChI=1S/C24H27N5/c1-15-6-16(2)29(28-15)21-5-3-4-20(10-21)22-25-14-26-23(27-22)24-11-17-7-18(12-24)9-19(8-17)13-24/h3-6,10,14,17-19H,7-9,11-13H2,1-2H3. The summed E-state index contributed by atoms with van der Waals surface area (Å²) in [4.78, 5) is 14.3. The molecule has 3 aromatic rings. The summed E-state index contributed by atoms with van der Waals surface area (Å²) in [5, 5.41) is 4.62.